The molecule has 5 heteroatoms. The molecule has 1 aromatic carbocycles. The summed E-state index contributed by atoms with van der Waals surface area (Å²) in [4.78, 5) is 19.1. The monoisotopic (exact) mass is 369 g/mol. The van der Waals surface area contributed by atoms with Crippen LogP contribution >= 0.6 is 0 Å². The molecule has 1 aliphatic heterocycles. The molecule has 0 radical (unpaired) electrons. The van der Waals surface area contributed by atoms with Gasteiger partial charge in [0.1, 0.15) is 6.29 Å². The topological polar surface area (TPSA) is 48.6 Å². The van der Waals surface area contributed by atoms with Crippen LogP contribution in [-0.4, -0.2) is 68.0 Å². The number of nitrogens with zero attached hydrogens (tertiary/aromatic N) is 2. The Morgan fingerprint density at radius 3 is 2.67 bits per heavy atom. The molecule has 0 bridgehead atoms. The van der Waals surface area contributed by atoms with Gasteiger partial charge in [0.15, 0.2) is 5.88 Å². The number of rotatable bonds is 4. The molecule has 27 heavy (non-hydrogen) atoms. The number of methoxy groups -OCH3 is 1. The van der Waals surface area contributed by atoms with Crippen molar-refractivity contribution in [1.82, 2.24) is 14.8 Å². The van der Waals surface area contributed by atoms with Crippen LogP contribution in [0.2, 0.25) is 0 Å². The third-order valence-electron chi connectivity index (χ3n) is 5.84. The third-order valence-corrected chi connectivity index (χ3v) is 5.84. The molecule has 0 amide bonds. The van der Waals surface area contributed by atoms with Crippen molar-refractivity contribution < 1.29 is 9.53 Å². The fraction of sp³-hybridized carbons (Fsp3) is 0.500. The fourth-order valence-electron chi connectivity index (χ4n) is 4.03. The van der Waals surface area contributed by atoms with Gasteiger partial charge in [0.05, 0.1) is 7.11 Å². The van der Waals surface area contributed by atoms with Crippen molar-refractivity contribution in [3.63, 3.8) is 0 Å². The first-order valence-corrected chi connectivity index (χ1v) is 9.77. The van der Waals surface area contributed by atoms with Gasteiger partial charge in [-0.3, -0.25) is 4.90 Å². The number of likely N-dealkylation sites (N-methyl/N-ethyl adjacent to an activating group) is 1. The Morgan fingerprint density at radius 1 is 1.33 bits per heavy atom. The van der Waals surface area contributed by atoms with Crippen LogP contribution in [-0.2, 0) is 11.2 Å². The molecule has 0 saturated carbocycles. The number of carbonyl (C=O) groups excluding carboxylic acids is 1. The van der Waals surface area contributed by atoms with Gasteiger partial charge in [0.2, 0.25) is 0 Å². The summed E-state index contributed by atoms with van der Waals surface area (Å²) in [7, 11) is 5.91. The van der Waals surface area contributed by atoms with Gasteiger partial charge in [-0.1, -0.05) is 32.1 Å². The number of aldehydes is 1. The summed E-state index contributed by atoms with van der Waals surface area (Å²) in [5.41, 5.74) is 4.87. The number of H-pyrrole nitrogens is 1. The molecule has 4 rings (SSSR count). The molecule has 5 nitrogen and oxygen atoms in total. The molecule has 146 valence electrons. The van der Waals surface area contributed by atoms with E-state index in [9.17, 15) is 4.79 Å². The molecule has 1 N–H and O–H groups in total. The van der Waals surface area contributed by atoms with Gasteiger partial charge < -0.3 is 19.4 Å². The second-order valence-electron chi connectivity index (χ2n) is 7.43. The fourth-order valence-corrected chi connectivity index (χ4v) is 4.03. The second kappa shape index (κ2) is 8.28. The lowest BCUT2D eigenvalue weighted by Crippen LogP contribution is -2.42. The number of benzene rings is 1. The van der Waals surface area contributed by atoms with Crippen molar-refractivity contribution in [1.29, 1.82) is 0 Å². The summed E-state index contributed by atoms with van der Waals surface area (Å²) < 4.78 is 5.52. The highest BCUT2D eigenvalue weighted by Gasteiger charge is 2.35. The van der Waals surface area contributed by atoms with E-state index in [-0.39, 0.29) is 5.92 Å². The highest BCUT2D eigenvalue weighted by molar-refractivity contribution is 6.00. The zero-order chi connectivity index (χ0) is 19.6. The van der Waals surface area contributed by atoms with Crippen molar-refractivity contribution in [2.75, 3.05) is 40.8 Å². The lowest BCUT2D eigenvalue weighted by molar-refractivity contribution is -0.110. The largest absolute Gasteiger partial charge is 0.482 e. The Labute approximate surface area is 162 Å². The third kappa shape index (κ3) is 3.66. The second-order valence-corrected chi connectivity index (χ2v) is 7.43. The summed E-state index contributed by atoms with van der Waals surface area (Å²) in [5, 5.41) is 1.25. The minimum atomic E-state index is -0.0149. The van der Waals surface area contributed by atoms with Crippen molar-refractivity contribution in [3.8, 4) is 5.88 Å². The van der Waals surface area contributed by atoms with Crippen molar-refractivity contribution in [2.45, 2.75) is 26.3 Å². The number of aromatic nitrogens is 1. The molecule has 0 fully saturated rings. The maximum atomic E-state index is 11.2. The van der Waals surface area contributed by atoms with E-state index >= 15 is 0 Å². The van der Waals surface area contributed by atoms with Gasteiger partial charge >= 0.3 is 0 Å². The van der Waals surface area contributed by atoms with E-state index in [2.05, 4.69) is 67.0 Å². The van der Waals surface area contributed by atoms with Crippen molar-refractivity contribution in [3.05, 3.63) is 35.4 Å². The Bertz CT molecular complexity index is 835. The van der Waals surface area contributed by atoms with E-state index in [1.54, 1.807) is 7.11 Å². The van der Waals surface area contributed by atoms with E-state index in [1.165, 1.54) is 22.1 Å². The van der Waals surface area contributed by atoms with Gasteiger partial charge in [0, 0.05) is 35.0 Å². The number of hydrogen-bond acceptors (Lipinski definition) is 4. The number of nitrogens with one attached hydrogen (secondary N) is 1. The first-order valence-electron chi connectivity index (χ1n) is 9.77. The average Bonchev–Trinajstić information content (AvgIpc) is 3.07. The van der Waals surface area contributed by atoms with Crippen LogP contribution in [0.4, 0.5) is 0 Å². The summed E-state index contributed by atoms with van der Waals surface area (Å²) in [6.07, 6.45) is 4.12. The van der Waals surface area contributed by atoms with Gasteiger partial charge in [-0.25, -0.2) is 0 Å². The normalized spacial score (nSPS) is 21.3. The number of fused-ring (bicyclic) bond motifs is 2. The van der Waals surface area contributed by atoms with Crippen molar-refractivity contribution >= 4 is 22.8 Å². The first-order chi connectivity index (χ1) is 13.0. The highest BCUT2D eigenvalue weighted by atomic mass is 16.5. The lowest BCUT2D eigenvalue weighted by Gasteiger charge is -2.38. The molecule has 0 spiro atoms. The lowest BCUT2D eigenvalue weighted by atomic mass is 9.80. The zero-order valence-corrected chi connectivity index (χ0v) is 17.1. The van der Waals surface area contributed by atoms with Crippen LogP contribution in [0.1, 0.15) is 25.0 Å². The van der Waals surface area contributed by atoms with E-state index < -0.39 is 0 Å². The zero-order valence-electron chi connectivity index (χ0n) is 17.1. The Morgan fingerprint density at radius 2 is 2.07 bits per heavy atom. The molecule has 2 atom stereocenters. The van der Waals surface area contributed by atoms with Crippen LogP contribution < -0.4 is 4.74 Å². The van der Waals surface area contributed by atoms with Crippen LogP contribution in [0.3, 0.4) is 0 Å². The maximum absolute atomic E-state index is 11.2. The quantitative estimate of drug-likeness (QED) is 0.841. The highest BCUT2D eigenvalue weighted by Crippen LogP contribution is 2.43. The van der Waals surface area contributed by atoms with E-state index in [1.807, 2.05) is 0 Å². The van der Waals surface area contributed by atoms with Gasteiger partial charge in [0.25, 0.3) is 0 Å². The molecule has 2 aliphatic rings. The number of aromatic amines is 1. The SMILES string of the molecule is CCN(C)CC.COc1[nH]c2cccc3c2c1CC1C3=CC(C=O)CN1C. The molecular weight excluding hydrogens is 338 g/mol. The van der Waals surface area contributed by atoms with Crippen LogP contribution in [0.25, 0.3) is 16.5 Å². The Kier molecular flexibility index (Phi) is 6.02. The molecule has 2 aromatic rings. The smallest absolute Gasteiger partial charge is 0.194 e. The maximum Gasteiger partial charge on any atom is 0.194 e. The average molecular weight is 370 g/mol. The van der Waals surface area contributed by atoms with Crippen LogP contribution in [0.5, 0.6) is 5.88 Å². The minimum absolute atomic E-state index is 0.0149. The number of ether oxygens (including phenoxy) is 1. The molecule has 1 aromatic heterocycles. The summed E-state index contributed by atoms with van der Waals surface area (Å²) in [6, 6.07) is 6.61. The Hall–Kier alpha value is -2.11. The molecule has 2 unspecified atom stereocenters. The van der Waals surface area contributed by atoms with Crippen LogP contribution in [0, 0.1) is 5.92 Å². The Balaban J connectivity index is 0.000000307. The van der Waals surface area contributed by atoms with E-state index in [0.717, 1.165) is 43.7 Å². The minimum Gasteiger partial charge on any atom is -0.482 e. The predicted molar refractivity (Wildman–Crippen MR) is 111 cm³/mol. The molecular formula is C22H31N3O2. The first kappa shape index (κ1) is 19.6. The van der Waals surface area contributed by atoms with E-state index in [0.29, 0.717) is 6.04 Å². The number of carbonyl (C=O) groups is 1. The molecule has 2 heterocycles. The number of hydrogen-bond donors (Lipinski definition) is 1. The van der Waals surface area contributed by atoms with Crippen LogP contribution in [0.15, 0.2) is 24.3 Å². The van der Waals surface area contributed by atoms with Gasteiger partial charge in [-0.2, -0.15) is 0 Å². The predicted octanol–water partition coefficient (Wildman–Crippen LogP) is 3.20. The van der Waals surface area contributed by atoms with Gasteiger partial charge in [-0.15, -0.1) is 0 Å². The van der Waals surface area contributed by atoms with Crippen molar-refractivity contribution in [2.24, 2.45) is 5.92 Å². The van der Waals surface area contributed by atoms with Gasteiger partial charge in [-0.05, 0) is 50.8 Å². The molecule has 0 saturated heterocycles. The van der Waals surface area contributed by atoms with E-state index in [4.69, 9.17) is 4.74 Å². The summed E-state index contributed by atoms with van der Waals surface area (Å²) in [5.74, 6) is 0.848. The summed E-state index contributed by atoms with van der Waals surface area (Å²) in [6.45, 7) is 7.43. The standard InChI is InChI=1S/C17H18N2O2.C5H13N/c1-19-8-10(9-20)6-12-11-4-3-5-14-16(11)13(7-15(12)19)17(18-14)21-2;1-4-6(3)5-2/h3-6,9-10,15,18H,7-8H2,1-2H3;4-5H2,1-3H3. The summed E-state index contributed by atoms with van der Waals surface area (Å²) >= 11 is 0. The molecule has 1 aliphatic carbocycles.